The number of aliphatic hydroxyl groups excluding tert-OH is 2. The van der Waals surface area contributed by atoms with Crippen LogP contribution in [0.5, 0.6) is 0 Å². The van der Waals surface area contributed by atoms with E-state index in [0.717, 1.165) is 57.8 Å². The SMILES string of the molecule is CCCC/C=C\CCCCCCCC(=O)OC(CO)COP(=O)(O)OCC(CO)OC(=O)CCCCCCCCCCCCC/C=C\CCCCCCCCCC. The first-order valence-electron chi connectivity index (χ1n) is 23.3. The molecule has 57 heavy (non-hydrogen) atoms. The highest BCUT2D eigenvalue weighted by Gasteiger charge is 2.27. The molecule has 0 aromatic heterocycles. The molecule has 11 heteroatoms. The maximum Gasteiger partial charge on any atom is 0.472 e. The van der Waals surface area contributed by atoms with Crippen molar-refractivity contribution in [1.29, 1.82) is 0 Å². The number of allylic oxidation sites excluding steroid dienone is 4. The number of carbonyl (C=O) groups excluding carboxylic acids is 2. The lowest BCUT2D eigenvalue weighted by Crippen LogP contribution is -2.28. The molecule has 10 nitrogen and oxygen atoms in total. The molecule has 0 saturated carbocycles. The molecule has 0 aliphatic carbocycles. The average molecular weight is 831 g/mol. The maximum atomic E-state index is 12.4. The van der Waals surface area contributed by atoms with E-state index in [4.69, 9.17) is 18.5 Å². The Labute approximate surface area is 348 Å². The first kappa shape index (κ1) is 55.5. The van der Waals surface area contributed by atoms with E-state index in [9.17, 15) is 29.3 Å². The molecular formula is C46H87O10P. The third-order valence-electron chi connectivity index (χ3n) is 10.1. The smallest absolute Gasteiger partial charge is 0.457 e. The summed E-state index contributed by atoms with van der Waals surface area (Å²) in [4.78, 5) is 34.5. The van der Waals surface area contributed by atoms with Crippen molar-refractivity contribution >= 4 is 19.8 Å². The van der Waals surface area contributed by atoms with Gasteiger partial charge in [0.2, 0.25) is 0 Å². The van der Waals surface area contributed by atoms with Crippen molar-refractivity contribution in [2.45, 2.75) is 232 Å². The van der Waals surface area contributed by atoms with E-state index in [-0.39, 0.29) is 12.8 Å². The zero-order valence-electron chi connectivity index (χ0n) is 36.6. The third kappa shape index (κ3) is 41.0. The quantitative estimate of drug-likeness (QED) is 0.0234. The minimum Gasteiger partial charge on any atom is -0.457 e. The second-order valence-corrected chi connectivity index (χ2v) is 17.2. The molecule has 0 spiro atoms. The van der Waals surface area contributed by atoms with Crippen LogP contribution in [0.2, 0.25) is 0 Å². The van der Waals surface area contributed by atoms with Crippen molar-refractivity contribution in [3.8, 4) is 0 Å². The Bertz CT molecular complexity index is 1000. The molecule has 0 rings (SSSR count). The lowest BCUT2D eigenvalue weighted by Gasteiger charge is -2.20. The van der Waals surface area contributed by atoms with Gasteiger partial charge in [-0.1, -0.05) is 173 Å². The van der Waals surface area contributed by atoms with Crippen molar-refractivity contribution in [3.05, 3.63) is 24.3 Å². The van der Waals surface area contributed by atoms with E-state index in [2.05, 4.69) is 38.2 Å². The number of phosphoric ester groups is 1. The van der Waals surface area contributed by atoms with Gasteiger partial charge in [-0.05, 0) is 57.8 Å². The Morgan fingerprint density at radius 1 is 0.456 bits per heavy atom. The largest absolute Gasteiger partial charge is 0.472 e. The van der Waals surface area contributed by atoms with Crippen LogP contribution in [0.15, 0.2) is 24.3 Å². The Morgan fingerprint density at radius 3 is 1.05 bits per heavy atom. The lowest BCUT2D eigenvalue weighted by atomic mass is 10.0. The fourth-order valence-electron chi connectivity index (χ4n) is 6.50. The summed E-state index contributed by atoms with van der Waals surface area (Å²) in [6.07, 6.45) is 43.1. The highest BCUT2D eigenvalue weighted by molar-refractivity contribution is 7.47. The molecule has 0 saturated heterocycles. The molecule has 0 aliphatic heterocycles. The Kier molecular flexibility index (Phi) is 41.4. The number of hydrogen-bond acceptors (Lipinski definition) is 9. The molecule has 0 aromatic carbocycles. The second kappa shape index (κ2) is 42.6. The number of esters is 2. The van der Waals surface area contributed by atoms with E-state index >= 15 is 0 Å². The second-order valence-electron chi connectivity index (χ2n) is 15.7. The van der Waals surface area contributed by atoms with Gasteiger partial charge in [0.15, 0.2) is 0 Å². The molecular weight excluding hydrogens is 743 g/mol. The molecule has 0 fully saturated rings. The highest BCUT2D eigenvalue weighted by atomic mass is 31.2. The molecule has 0 aliphatic rings. The topological polar surface area (TPSA) is 149 Å². The molecule has 0 amide bonds. The van der Waals surface area contributed by atoms with E-state index in [1.54, 1.807) is 0 Å². The summed E-state index contributed by atoms with van der Waals surface area (Å²) in [5, 5.41) is 19.2. The minimum atomic E-state index is -4.63. The van der Waals surface area contributed by atoms with Crippen LogP contribution in [-0.2, 0) is 32.7 Å². The van der Waals surface area contributed by atoms with Gasteiger partial charge < -0.3 is 24.6 Å². The van der Waals surface area contributed by atoms with Gasteiger partial charge in [0.25, 0.3) is 0 Å². The van der Waals surface area contributed by atoms with Crippen molar-refractivity contribution in [2.75, 3.05) is 26.4 Å². The number of aliphatic hydroxyl groups is 2. The van der Waals surface area contributed by atoms with Gasteiger partial charge in [0.1, 0.15) is 12.2 Å². The summed E-state index contributed by atoms with van der Waals surface area (Å²) in [6, 6.07) is 0. The molecule has 0 heterocycles. The van der Waals surface area contributed by atoms with Gasteiger partial charge in [-0.25, -0.2) is 4.57 Å². The number of phosphoric acid groups is 1. The molecule has 0 aromatic rings. The number of carbonyl (C=O) groups is 2. The fraction of sp³-hybridized carbons (Fsp3) is 0.870. The predicted molar refractivity (Wildman–Crippen MR) is 233 cm³/mol. The van der Waals surface area contributed by atoms with Crippen LogP contribution in [0.4, 0.5) is 0 Å². The van der Waals surface area contributed by atoms with Gasteiger partial charge in [0.05, 0.1) is 26.4 Å². The van der Waals surface area contributed by atoms with E-state index in [1.807, 2.05) is 0 Å². The lowest BCUT2D eigenvalue weighted by molar-refractivity contribution is -0.153. The summed E-state index contributed by atoms with van der Waals surface area (Å²) >= 11 is 0. The van der Waals surface area contributed by atoms with Crippen LogP contribution in [0.25, 0.3) is 0 Å². The minimum absolute atomic E-state index is 0.183. The molecule has 336 valence electrons. The maximum absolute atomic E-state index is 12.4. The van der Waals surface area contributed by atoms with Crippen LogP contribution in [0.3, 0.4) is 0 Å². The van der Waals surface area contributed by atoms with E-state index in [1.165, 1.54) is 122 Å². The monoisotopic (exact) mass is 831 g/mol. The van der Waals surface area contributed by atoms with E-state index < -0.39 is 58.4 Å². The first-order valence-corrected chi connectivity index (χ1v) is 24.8. The molecule has 3 atom stereocenters. The van der Waals surface area contributed by atoms with Gasteiger partial charge in [-0.2, -0.15) is 0 Å². The van der Waals surface area contributed by atoms with Gasteiger partial charge in [-0.15, -0.1) is 0 Å². The van der Waals surface area contributed by atoms with Gasteiger partial charge in [0, 0.05) is 12.8 Å². The Morgan fingerprint density at radius 2 is 0.737 bits per heavy atom. The summed E-state index contributed by atoms with van der Waals surface area (Å²) in [6.45, 7) is 2.17. The highest BCUT2D eigenvalue weighted by Crippen LogP contribution is 2.43. The average Bonchev–Trinajstić information content (AvgIpc) is 3.20. The standard InChI is InChI=1S/C46H87O10P/c1-3-5-7-9-11-13-15-16-17-18-19-20-21-22-23-24-25-26-28-30-32-34-36-38-46(50)56-44(40-48)42-54-57(51,52)53-41-43(39-47)55-45(49)37-35-33-31-29-27-14-12-10-8-6-4-2/h10,12,18-19,43-44,47-48H,3-9,11,13-17,20-42H2,1-2H3,(H,51,52)/b12-10-,19-18-. The number of ether oxygens (including phenoxy) is 2. The van der Waals surface area contributed by atoms with Crippen LogP contribution in [0, 0.1) is 0 Å². The molecule has 0 bridgehead atoms. The van der Waals surface area contributed by atoms with Crippen LogP contribution in [0.1, 0.15) is 219 Å². The Hall–Kier alpha value is -1.55. The normalized spacial score (nSPS) is 14.0. The van der Waals surface area contributed by atoms with Crippen molar-refractivity contribution in [1.82, 2.24) is 0 Å². The summed E-state index contributed by atoms with van der Waals surface area (Å²) in [7, 11) is -4.63. The zero-order chi connectivity index (χ0) is 41.9. The van der Waals surface area contributed by atoms with Crippen molar-refractivity contribution in [2.24, 2.45) is 0 Å². The number of unbranched alkanes of at least 4 members (excludes halogenated alkanes) is 26. The van der Waals surface area contributed by atoms with Crippen molar-refractivity contribution < 1.29 is 47.8 Å². The summed E-state index contributed by atoms with van der Waals surface area (Å²) < 4.78 is 32.6. The first-order chi connectivity index (χ1) is 27.8. The molecule has 3 unspecified atom stereocenters. The number of rotatable bonds is 44. The summed E-state index contributed by atoms with van der Waals surface area (Å²) in [5.74, 6) is -1.02. The van der Waals surface area contributed by atoms with Crippen molar-refractivity contribution in [3.63, 3.8) is 0 Å². The van der Waals surface area contributed by atoms with E-state index in [0.29, 0.717) is 12.8 Å². The fourth-order valence-corrected chi connectivity index (χ4v) is 7.29. The Balaban J connectivity index is 3.82. The van der Waals surface area contributed by atoms with Gasteiger partial charge >= 0.3 is 19.8 Å². The third-order valence-corrected chi connectivity index (χ3v) is 11.1. The summed E-state index contributed by atoms with van der Waals surface area (Å²) in [5.41, 5.74) is 0. The molecule has 0 radical (unpaired) electrons. The predicted octanol–water partition coefficient (Wildman–Crippen LogP) is 12.6. The van der Waals surface area contributed by atoms with Crippen LogP contribution >= 0.6 is 7.82 Å². The number of hydrogen-bond donors (Lipinski definition) is 3. The zero-order valence-corrected chi connectivity index (χ0v) is 37.5. The van der Waals surface area contributed by atoms with Crippen LogP contribution in [-0.4, -0.2) is 65.7 Å². The molecule has 3 N–H and O–H groups in total. The van der Waals surface area contributed by atoms with Gasteiger partial charge in [-0.3, -0.25) is 18.6 Å². The van der Waals surface area contributed by atoms with Crippen LogP contribution < -0.4 is 0 Å².